The van der Waals surface area contributed by atoms with Crippen LogP contribution in [0.5, 0.6) is 11.5 Å². The number of halogens is 1. The van der Waals surface area contributed by atoms with E-state index in [4.69, 9.17) is 14.6 Å². The molecule has 31 heavy (non-hydrogen) atoms. The lowest BCUT2D eigenvalue weighted by molar-refractivity contribution is -0.123. The number of aliphatic hydroxyl groups excluding tert-OH is 1. The maximum atomic E-state index is 13.3. The molecule has 0 aliphatic carbocycles. The van der Waals surface area contributed by atoms with Crippen molar-refractivity contribution in [3.8, 4) is 22.6 Å². The molecule has 0 saturated heterocycles. The quantitative estimate of drug-likeness (QED) is 0.382. The summed E-state index contributed by atoms with van der Waals surface area (Å²) in [5.74, 6) is 0.448. The number of aliphatic hydroxyl groups is 1. The first-order chi connectivity index (χ1) is 14.7. The van der Waals surface area contributed by atoms with Gasteiger partial charge in [0.25, 0.3) is 0 Å². The van der Waals surface area contributed by atoms with Crippen LogP contribution < -0.4 is 20.3 Å². The number of fused-ring (bicyclic) bond motifs is 1. The third kappa shape index (κ3) is 4.58. The van der Waals surface area contributed by atoms with Crippen molar-refractivity contribution in [2.24, 2.45) is 0 Å². The number of hydrogen-bond donors (Lipinski definition) is 2. The van der Waals surface area contributed by atoms with Crippen LogP contribution in [0, 0.1) is 0 Å². The van der Waals surface area contributed by atoms with Crippen molar-refractivity contribution in [3.63, 3.8) is 0 Å². The number of benzene rings is 2. The zero-order valence-corrected chi connectivity index (χ0v) is 19.9. The van der Waals surface area contributed by atoms with Gasteiger partial charge in [-0.1, -0.05) is 18.2 Å². The van der Waals surface area contributed by atoms with E-state index < -0.39 is 37.7 Å². The second kappa shape index (κ2) is 9.57. The normalized spacial score (nSPS) is 17.1. The molecule has 1 unspecified atom stereocenters. The molecule has 0 fully saturated rings. The Labute approximate surface area is 194 Å². The van der Waals surface area contributed by atoms with Gasteiger partial charge in [-0.3, -0.25) is 4.79 Å². The molecule has 2 N–H and O–H groups in total. The van der Waals surface area contributed by atoms with Crippen LogP contribution in [0.25, 0.3) is 11.1 Å². The number of methoxy groups -OCH3 is 2. The second-order valence-electron chi connectivity index (χ2n) is 6.90. The van der Waals surface area contributed by atoms with E-state index in [0.29, 0.717) is 22.5 Å². The van der Waals surface area contributed by atoms with Gasteiger partial charge in [0.15, 0.2) is 21.3 Å². The van der Waals surface area contributed by atoms with E-state index in [9.17, 15) is 18.0 Å². The van der Waals surface area contributed by atoms with Crippen molar-refractivity contribution in [1.29, 1.82) is 0 Å². The lowest BCUT2D eigenvalue weighted by atomic mass is 9.63. The van der Waals surface area contributed by atoms with Crippen LogP contribution in [0.2, 0.25) is 0 Å². The number of carbonyl (C=O) groups excluding carboxylic acids is 2. The van der Waals surface area contributed by atoms with E-state index >= 15 is 0 Å². The van der Waals surface area contributed by atoms with Crippen molar-refractivity contribution in [2.75, 3.05) is 27.4 Å². The first-order valence-corrected chi connectivity index (χ1v) is 12.2. The summed E-state index contributed by atoms with van der Waals surface area (Å²) in [6.07, 6.45) is -0.485. The lowest BCUT2D eigenvalue weighted by Gasteiger charge is -2.26. The summed E-state index contributed by atoms with van der Waals surface area (Å²) < 4.78 is 36.4. The highest BCUT2D eigenvalue weighted by Gasteiger charge is 2.47. The molecular formula is C20H21BINO7S. The van der Waals surface area contributed by atoms with E-state index in [-0.39, 0.29) is 18.0 Å². The molecule has 0 bridgehead atoms. The minimum absolute atomic E-state index is 0.00646. The highest BCUT2D eigenvalue weighted by molar-refractivity contribution is 14.1. The second-order valence-corrected chi connectivity index (χ2v) is 10.2. The zero-order chi connectivity index (χ0) is 22.8. The summed E-state index contributed by atoms with van der Waals surface area (Å²) in [6.45, 7) is -0.281. The minimum Gasteiger partial charge on any atom is -0.493 e. The molecule has 8 nitrogen and oxygen atoms in total. The largest absolute Gasteiger partial charge is 0.493 e. The molecule has 11 heteroatoms. The SMILES string of the molecule is COc1ccc(-c2ccc3c(c2)S(=O)(=O)C(CC(=O)NCCO)C(=O)B3I)cc1OC. The van der Waals surface area contributed by atoms with Gasteiger partial charge >= 0.3 is 4.57 Å². The van der Waals surface area contributed by atoms with Crippen LogP contribution in [0.4, 0.5) is 0 Å². The van der Waals surface area contributed by atoms with Gasteiger partial charge in [-0.25, -0.2) is 8.42 Å². The monoisotopic (exact) mass is 557 g/mol. The Bertz CT molecular complexity index is 1120. The van der Waals surface area contributed by atoms with Crippen molar-refractivity contribution >= 4 is 53.8 Å². The minimum atomic E-state index is -4.08. The third-order valence-electron chi connectivity index (χ3n) is 5.06. The van der Waals surface area contributed by atoms with Crippen molar-refractivity contribution in [2.45, 2.75) is 16.6 Å². The number of carbonyl (C=O) groups is 2. The van der Waals surface area contributed by atoms with Crippen molar-refractivity contribution in [1.82, 2.24) is 5.32 Å². The molecule has 1 aliphatic rings. The molecule has 1 amide bonds. The predicted molar refractivity (Wildman–Crippen MR) is 125 cm³/mol. The fraction of sp³-hybridized carbons (Fsp3) is 0.300. The summed E-state index contributed by atoms with van der Waals surface area (Å²) in [5, 5.41) is 9.77. The standard InChI is InChI=1S/C20H21BINO7S/c1-29-15-6-4-12(9-16(15)30-2)13-3-5-14-17(10-13)31(27,28)18(20(26)21(14)22)11-19(25)23-7-8-24/h3-6,9-10,18,24H,7-8,11H2,1-2H3,(H,23,25). The van der Waals surface area contributed by atoms with E-state index in [1.807, 2.05) is 22.4 Å². The summed E-state index contributed by atoms with van der Waals surface area (Å²) in [6, 6.07) is 10.2. The van der Waals surface area contributed by atoms with E-state index in [1.54, 1.807) is 30.3 Å². The first kappa shape index (κ1) is 23.5. The van der Waals surface area contributed by atoms with Gasteiger partial charge in [-0.15, -0.1) is 22.4 Å². The summed E-state index contributed by atoms with van der Waals surface area (Å²) in [4.78, 5) is 24.9. The number of ether oxygens (including phenoxy) is 2. The summed E-state index contributed by atoms with van der Waals surface area (Å²) >= 11 is 1.91. The molecule has 1 heterocycles. The van der Waals surface area contributed by atoms with Crippen LogP contribution in [0.1, 0.15) is 6.42 Å². The van der Waals surface area contributed by atoms with Gasteiger partial charge in [0.1, 0.15) is 10.9 Å². The van der Waals surface area contributed by atoms with Gasteiger partial charge in [0, 0.05) is 13.0 Å². The molecule has 0 aromatic heterocycles. The first-order valence-electron chi connectivity index (χ1n) is 9.40. The number of sulfone groups is 1. The van der Waals surface area contributed by atoms with Crippen LogP contribution in [-0.4, -0.2) is 62.3 Å². The van der Waals surface area contributed by atoms with Gasteiger partial charge in [0.05, 0.1) is 25.7 Å². The fourth-order valence-electron chi connectivity index (χ4n) is 3.45. The summed E-state index contributed by atoms with van der Waals surface area (Å²) in [7, 11) is -1.04. The Hall–Kier alpha value is -2.12. The molecule has 1 atom stereocenters. The van der Waals surface area contributed by atoms with Gasteiger partial charge in [-0.2, -0.15) is 0 Å². The Morgan fingerprint density at radius 2 is 1.77 bits per heavy atom. The molecular weight excluding hydrogens is 536 g/mol. The van der Waals surface area contributed by atoms with Gasteiger partial charge in [-0.05, 0) is 34.8 Å². The Kier molecular flexibility index (Phi) is 7.27. The van der Waals surface area contributed by atoms with Gasteiger partial charge < -0.3 is 24.7 Å². The molecule has 2 aromatic carbocycles. The number of rotatable bonds is 7. The number of amides is 1. The van der Waals surface area contributed by atoms with E-state index in [0.717, 1.165) is 5.56 Å². The Balaban J connectivity index is 2.04. The average molecular weight is 557 g/mol. The van der Waals surface area contributed by atoms with Gasteiger partial charge in [0.2, 0.25) is 5.91 Å². The molecule has 0 saturated carbocycles. The third-order valence-corrected chi connectivity index (χ3v) is 8.46. The maximum Gasteiger partial charge on any atom is 0.330 e. The molecule has 2 aromatic rings. The Morgan fingerprint density at radius 3 is 2.42 bits per heavy atom. The van der Waals surface area contributed by atoms with Crippen molar-refractivity contribution in [3.05, 3.63) is 36.4 Å². The Morgan fingerprint density at radius 1 is 1.13 bits per heavy atom. The average Bonchev–Trinajstić information content (AvgIpc) is 2.78. The highest BCUT2D eigenvalue weighted by atomic mass is 127. The van der Waals surface area contributed by atoms with Crippen LogP contribution in [-0.2, 0) is 19.4 Å². The van der Waals surface area contributed by atoms with E-state index in [2.05, 4.69) is 5.32 Å². The molecule has 0 radical (unpaired) electrons. The predicted octanol–water partition coefficient (Wildman–Crippen LogP) is 0.767. The summed E-state index contributed by atoms with van der Waals surface area (Å²) in [5.41, 5.74) is 1.23. The van der Waals surface area contributed by atoms with Crippen LogP contribution in [0.3, 0.4) is 0 Å². The molecule has 0 spiro atoms. The highest BCUT2D eigenvalue weighted by Crippen LogP contribution is 2.34. The molecule has 164 valence electrons. The van der Waals surface area contributed by atoms with Crippen LogP contribution >= 0.6 is 22.4 Å². The van der Waals surface area contributed by atoms with Crippen LogP contribution in [0.15, 0.2) is 41.3 Å². The number of nitrogens with one attached hydrogen (secondary N) is 1. The topological polar surface area (TPSA) is 119 Å². The molecule has 3 rings (SSSR count). The maximum absolute atomic E-state index is 13.3. The number of hydrogen-bond acceptors (Lipinski definition) is 7. The molecule has 1 aliphatic heterocycles. The van der Waals surface area contributed by atoms with Crippen molar-refractivity contribution < 1.29 is 32.6 Å². The smallest absolute Gasteiger partial charge is 0.330 e. The lowest BCUT2D eigenvalue weighted by Crippen LogP contribution is -2.53. The zero-order valence-electron chi connectivity index (χ0n) is 16.9. The fourth-order valence-corrected chi connectivity index (χ4v) is 6.81. The van der Waals surface area contributed by atoms with E-state index in [1.165, 1.54) is 20.3 Å².